The van der Waals surface area contributed by atoms with Crippen LogP contribution in [0.3, 0.4) is 0 Å². The first-order chi connectivity index (χ1) is 16.3. The molecule has 2 unspecified atom stereocenters. The Morgan fingerprint density at radius 3 is 2.62 bits per heavy atom. The van der Waals surface area contributed by atoms with Crippen molar-refractivity contribution in [2.24, 2.45) is 5.73 Å². The van der Waals surface area contributed by atoms with E-state index in [1.54, 1.807) is 0 Å². The molecule has 5 heteroatoms. The maximum Gasteiger partial charge on any atom is 0.323 e. The van der Waals surface area contributed by atoms with Gasteiger partial charge in [0.1, 0.15) is 0 Å². The van der Waals surface area contributed by atoms with Gasteiger partial charge in [-0.25, -0.2) is 4.79 Å². The number of urea groups is 1. The van der Waals surface area contributed by atoms with Gasteiger partial charge in [0.15, 0.2) is 0 Å². The second-order valence-corrected chi connectivity index (χ2v) is 10.0. The van der Waals surface area contributed by atoms with Crippen molar-refractivity contribution in [1.29, 1.82) is 0 Å². The number of piperidine rings is 1. The zero-order valence-corrected chi connectivity index (χ0v) is 21.0. The minimum absolute atomic E-state index is 0.0837. The fourth-order valence-electron chi connectivity index (χ4n) is 5.85. The molecule has 2 atom stereocenters. The number of hydrogen-bond donors (Lipinski definition) is 3. The van der Waals surface area contributed by atoms with E-state index in [-0.39, 0.29) is 11.6 Å². The van der Waals surface area contributed by atoms with Crippen molar-refractivity contribution in [3.8, 4) is 0 Å². The number of fused-ring (bicyclic) bond motifs is 1. The number of benzene rings is 2. The molecule has 1 aliphatic carbocycles. The van der Waals surface area contributed by atoms with Crippen LogP contribution in [-0.4, -0.2) is 29.1 Å². The molecule has 2 aromatic carbocycles. The molecule has 1 saturated heterocycles. The first kappa shape index (κ1) is 24.3. The van der Waals surface area contributed by atoms with Crippen LogP contribution in [0.15, 0.2) is 43.0 Å². The Balaban J connectivity index is 1.45. The summed E-state index contributed by atoms with van der Waals surface area (Å²) in [4.78, 5) is 15.2. The number of nitrogens with zero attached hydrogens (tertiary/aromatic N) is 1. The molecule has 2 aliphatic rings. The van der Waals surface area contributed by atoms with Crippen LogP contribution >= 0.6 is 0 Å². The summed E-state index contributed by atoms with van der Waals surface area (Å²) in [5, 5.41) is 6.01. The maximum atomic E-state index is 12.7. The van der Waals surface area contributed by atoms with E-state index in [9.17, 15) is 4.79 Å². The molecule has 1 saturated carbocycles. The Bertz CT molecular complexity index is 1060. The van der Waals surface area contributed by atoms with Crippen molar-refractivity contribution in [2.75, 3.05) is 17.2 Å². The van der Waals surface area contributed by atoms with Crippen molar-refractivity contribution in [2.45, 2.75) is 83.7 Å². The summed E-state index contributed by atoms with van der Waals surface area (Å²) in [7, 11) is 0. The van der Waals surface area contributed by atoms with Crippen molar-refractivity contribution in [3.63, 3.8) is 0 Å². The number of likely N-dealkylation sites (tertiary alicyclic amines) is 1. The summed E-state index contributed by atoms with van der Waals surface area (Å²) in [6, 6.07) is 12.5. The third-order valence-electron chi connectivity index (χ3n) is 7.80. The molecule has 2 fully saturated rings. The third kappa shape index (κ3) is 5.00. The van der Waals surface area contributed by atoms with Crippen LogP contribution in [0.1, 0.15) is 74.6 Å². The van der Waals surface area contributed by atoms with Gasteiger partial charge in [0.05, 0.1) is 0 Å². The van der Waals surface area contributed by atoms with Crippen LogP contribution in [0.2, 0.25) is 0 Å². The highest BCUT2D eigenvalue weighted by Crippen LogP contribution is 2.40. The smallest absolute Gasteiger partial charge is 0.323 e. The van der Waals surface area contributed by atoms with Gasteiger partial charge in [-0.1, -0.05) is 51.5 Å². The minimum atomic E-state index is -0.226. The van der Waals surface area contributed by atoms with E-state index in [4.69, 9.17) is 5.73 Å². The van der Waals surface area contributed by atoms with E-state index in [2.05, 4.69) is 61.1 Å². The second-order valence-electron chi connectivity index (χ2n) is 10.0. The standard InChI is InChI=1S/C29H40N4O/c1-5-22-11-14-26(23(6-2)19-22)32-28(34)31-24-12-13-25(20(3)18-24)21(4)33-17-9-16-29(30)15-8-7-10-27(29)33/h11-14,18-19,27H,4-10,15-17,30H2,1-3H3,(H2,31,32,34). The number of nitrogens with two attached hydrogens (primary N) is 1. The first-order valence-electron chi connectivity index (χ1n) is 12.9. The normalized spacial score (nSPS) is 22.1. The summed E-state index contributed by atoms with van der Waals surface area (Å²) < 4.78 is 0. The number of aryl methyl sites for hydroxylation is 3. The lowest BCUT2D eigenvalue weighted by Crippen LogP contribution is -2.62. The van der Waals surface area contributed by atoms with Gasteiger partial charge < -0.3 is 21.3 Å². The van der Waals surface area contributed by atoms with E-state index in [1.165, 1.54) is 18.4 Å². The van der Waals surface area contributed by atoms with Gasteiger partial charge >= 0.3 is 6.03 Å². The number of amides is 2. The highest BCUT2D eigenvalue weighted by atomic mass is 16.2. The number of carbonyl (C=O) groups excluding carboxylic acids is 1. The molecule has 1 aliphatic heterocycles. The number of hydrogen-bond acceptors (Lipinski definition) is 3. The van der Waals surface area contributed by atoms with Gasteiger partial charge in [-0.2, -0.15) is 0 Å². The van der Waals surface area contributed by atoms with Crippen LogP contribution in [0.5, 0.6) is 0 Å². The predicted molar refractivity (Wildman–Crippen MR) is 143 cm³/mol. The molecule has 1 heterocycles. The van der Waals surface area contributed by atoms with Crippen molar-refractivity contribution in [3.05, 3.63) is 65.2 Å². The lowest BCUT2D eigenvalue weighted by Gasteiger charge is -2.52. The Morgan fingerprint density at radius 1 is 1.09 bits per heavy atom. The van der Waals surface area contributed by atoms with E-state index in [0.29, 0.717) is 6.04 Å². The minimum Gasteiger partial charge on any atom is -0.367 e. The zero-order valence-electron chi connectivity index (χ0n) is 21.0. The average Bonchev–Trinajstić information content (AvgIpc) is 2.83. The molecular weight excluding hydrogens is 420 g/mol. The summed E-state index contributed by atoms with van der Waals surface area (Å²) in [6.45, 7) is 11.8. The van der Waals surface area contributed by atoms with E-state index >= 15 is 0 Å². The van der Waals surface area contributed by atoms with Crippen molar-refractivity contribution in [1.82, 2.24) is 4.90 Å². The van der Waals surface area contributed by atoms with Gasteiger partial charge in [0, 0.05) is 40.8 Å². The van der Waals surface area contributed by atoms with Crippen LogP contribution in [0.4, 0.5) is 16.2 Å². The third-order valence-corrected chi connectivity index (χ3v) is 7.80. The molecule has 4 rings (SSSR count). The quantitative estimate of drug-likeness (QED) is 0.463. The molecular formula is C29H40N4O. The van der Waals surface area contributed by atoms with Gasteiger partial charge in [0.2, 0.25) is 0 Å². The fraction of sp³-hybridized carbons (Fsp3) is 0.483. The summed E-state index contributed by atoms with van der Waals surface area (Å²) >= 11 is 0. The molecule has 4 N–H and O–H groups in total. The second kappa shape index (κ2) is 10.2. The van der Waals surface area contributed by atoms with E-state index in [0.717, 1.165) is 78.8 Å². The maximum absolute atomic E-state index is 12.7. The number of carbonyl (C=O) groups is 1. The Kier molecular flexibility index (Phi) is 7.32. The molecule has 182 valence electrons. The molecule has 0 aromatic heterocycles. The van der Waals surface area contributed by atoms with Crippen molar-refractivity contribution < 1.29 is 4.79 Å². The van der Waals surface area contributed by atoms with Gasteiger partial charge in [0.25, 0.3) is 0 Å². The molecule has 34 heavy (non-hydrogen) atoms. The SMILES string of the molecule is C=C(c1ccc(NC(=O)Nc2ccc(CC)cc2CC)cc1C)N1CCCC2(N)CCCCC12. The van der Waals surface area contributed by atoms with E-state index < -0.39 is 0 Å². The molecule has 0 radical (unpaired) electrons. The molecule has 5 nitrogen and oxygen atoms in total. The first-order valence-corrected chi connectivity index (χ1v) is 12.9. The Hall–Kier alpha value is -2.79. The largest absolute Gasteiger partial charge is 0.367 e. The van der Waals surface area contributed by atoms with Crippen molar-refractivity contribution >= 4 is 23.1 Å². The number of rotatable bonds is 6. The number of nitrogens with one attached hydrogen (secondary N) is 2. The molecule has 2 aromatic rings. The lowest BCUT2D eigenvalue weighted by atomic mass is 9.72. The van der Waals surface area contributed by atoms with E-state index in [1.807, 2.05) is 18.2 Å². The topological polar surface area (TPSA) is 70.4 Å². The van der Waals surface area contributed by atoms with Crippen LogP contribution < -0.4 is 16.4 Å². The summed E-state index contributed by atoms with van der Waals surface area (Å²) in [6.07, 6.45) is 8.82. The van der Waals surface area contributed by atoms with Crippen LogP contribution in [0.25, 0.3) is 5.70 Å². The zero-order chi connectivity index (χ0) is 24.3. The molecule has 0 bridgehead atoms. The van der Waals surface area contributed by atoms with Gasteiger partial charge in [-0.3, -0.25) is 0 Å². The fourth-order valence-corrected chi connectivity index (χ4v) is 5.85. The monoisotopic (exact) mass is 460 g/mol. The lowest BCUT2D eigenvalue weighted by molar-refractivity contribution is 0.0821. The predicted octanol–water partition coefficient (Wildman–Crippen LogP) is 6.47. The summed E-state index contributed by atoms with van der Waals surface area (Å²) in [5.41, 5.74) is 14.1. The van der Waals surface area contributed by atoms with Gasteiger partial charge in [-0.15, -0.1) is 0 Å². The Morgan fingerprint density at radius 2 is 1.88 bits per heavy atom. The van der Waals surface area contributed by atoms with Crippen LogP contribution in [-0.2, 0) is 12.8 Å². The molecule has 2 amide bonds. The highest BCUT2D eigenvalue weighted by molar-refractivity contribution is 6.00. The Labute approximate surface area is 204 Å². The average molecular weight is 461 g/mol. The number of anilines is 2. The highest BCUT2D eigenvalue weighted by Gasteiger charge is 2.43. The molecule has 0 spiro atoms. The summed E-state index contributed by atoms with van der Waals surface area (Å²) in [5.74, 6) is 0. The van der Waals surface area contributed by atoms with Gasteiger partial charge in [-0.05, 0) is 80.3 Å². The van der Waals surface area contributed by atoms with Crippen LogP contribution in [0, 0.1) is 6.92 Å².